The van der Waals surface area contributed by atoms with E-state index in [1.54, 1.807) is 18.3 Å². The van der Waals surface area contributed by atoms with Crippen LogP contribution in [0, 0.1) is 5.41 Å². The molecule has 1 aromatic heterocycles. The normalized spacial score (nSPS) is 18.3. The largest absolute Gasteiger partial charge is 0.330 e. The molecule has 5 heteroatoms. The van der Waals surface area contributed by atoms with Gasteiger partial charge in [-0.25, -0.2) is 0 Å². The highest BCUT2D eigenvalue weighted by Crippen LogP contribution is 2.38. The Labute approximate surface area is 107 Å². The average Bonchev–Trinajstić information content (AvgIpc) is 2.41. The van der Waals surface area contributed by atoms with Crippen molar-refractivity contribution in [3.05, 3.63) is 18.3 Å². The Balaban J connectivity index is 1.93. The van der Waals surface area contributed by atoms with Crippen molar-refractivity contribution in [3.8, 4) is 0 Å². The number of amides is 1. The van der Waals surface area contributed by atoms with Crippen molar-refractivity contribution in [2.24, 2.45) is 11.1 Å². The second-order valence-electron chi connectivity index (χ2n) is 5.10. The van der Waals surface area contributed by atoms with Crippen molar-refractivity contribution >= 4 is 11.7 Å². The van der Waals surface area contributed by atoms with Gasteiger partial charge in [0.05, 0.1) is 0 Å². The van der Waals surface area contributed by atoms with Crippen LogP contribution in [0.5, 0.6) is 0 Å². The number of carbonyl (C=O) groups is 1. The van der Waals surface area contributed by atoms with E-state index in [9.17, 15) is 4.79 Å². The van der Waals surface area contributed by atoms with Crippen molar-refractivity contribution in [2.75, 3.05) is 11.9 Å². The lowest BCUT2D eigenvalue weighted by Gasteiger charge is -2.35. The van der Waals surface area contributed by atoms with Crippen molar-refractivity contribution in [1.82, 2.24) is 10.2 Å². The maximum atomic E-state index is 12.0. The van der Waals surface area contributed by atoms with E-state index in [2.05, 4.69) is 15.5 Å². The molecule has 0 aliphatic heterocycles. The maximum Gasteiger partial charge on any atom is 0.226 e. The average molecular weight is 248 g/mol. The van der Waals surface area contributed by atoms with Crippen LogP contribution in [0.3, 0.4) is 0 Å². The third-order valence-corrected chi connectivity index (χ3v) is 3.72. The van der Waals surface area contributed by atoms with E-state index in [0.717, 1.165) is 12.8 Å². The molecule has 1 fully saturated rings. The molecule has 0 atom stereocenters. The van der Waals surface area contributed by atoms with Crippen LogP contribution in [0.2, 0.25) is 0 Å². The fraction of sp³-hybridized carbons (Fsp3) is 0.615. The number of nitrogens with one attached hydrogen (secondary N) is 1. The molecule has 1 aliphatic carbocycles. The van der Waals surface area contributed by atoms with Gasteiger partial charge in [-0.2, -0.15) is 5.10 Å². The zero-order chi connectivity index (χ0) is 12.8. The number of nitrogens with zero attached hydrogens (tertiary/aromatic N) is 2. The van der Waals surface area contributed by atoms with Crippen molar-refractivity contribution in [1.29, 1.82) is 0 Å². The van der Waals surface area contributed by atoms with E-state index >= 15 is 0 Å². The predicted molar refractivity (Wildman–Crippen MR) is 69.9 cm³/mol. The van der Waals surface area contributed by atoms with Gasteiger partial charge in [-0.05, 0) is 36.9 Å². The summed E-state index contributed by atoms with van der Waals surface area (Å²) in [5, 5.41) is 10.4. The Morgan fingerprint density at radius 2 is 2.17 bits per heavy atom. The van der Waals surface area contributed by atoms with E-state index in [1.807, 2.05) is 0 Å². The third-order valence-electron chi connectivity index (χ3n) is 3.72. The van der Waals surface area contributed by atoms with Gasteiger partial charge in [-0.3, -0.25) is 4.79 Å². The molecule has 0 spiro atoms. The van der Waals surface area contributed by atoms with E-state index < -0.39 is 0 Å². The second kappa shape index (κ2) is 5.91. The molecule has 1 aromatic rings. The minimum Gasteiger partial charge on any atom is -0.330 e. The molecule has 18 heavy (non-hydrogen) atoms. The van der Waals surface area contributed by atoms with Gasteiger partial charge in [-0.1, -0.05) is 19.3 Å². The molecule has 1 aliphatic rings. The Morgan fingerprint density at radius 1 is 1.39 bits per heavy atom. The summed E-state index contributed by atoms with van der Waals surface area (Å²) < 4.78 is 0. The lowest BCUT2D eigenvalue weighted by atomic mass is 9.71. The first-order valence-electron chi connectivity index (χ1n) is 6.52. The van der Waals surface area contributed by atoms with Crippen molar-refractivity contribution in [2.45, 2.75) is 38.5 Å². The molecule has 0 saturated heterocycles. The van der Waals surface area contributed by atoms with E-state index in [1.165, 1.54) is 19.3 Å². The summed E-state index contributed by atoms with van der Waals surface area (Å²) in [5.74, 6) is 0.494. The van der Waals surface area contributed by atoms with Crippen LogP contribution in [0.1, 0.15) is 38.5 Å². The van der Waals surface area contributed by atoms with Gasteiger partial charge < -0.3 is 11.1 Å². The number of hydrogen-bond donors (Lipinski definition) is 2. The van der Waals surface area contributed by atoms with Gasteiger partial charge in [-0.15, -0.1) is 5.10 Å². The summed E-state index contributed by atoms with van der Waals surface area (Å²) in [4.78, 5) is 12.0. The molecule has 0 radical (unpaired) electrons. The van der Waals surface area contributed by atoms with E-state index in [0.29, 0.717) is 18.8 Å². The minimum absolute atomic E-state index is 0.00938. The Hall–Kier alpha value is -1.49. The highest BCUT2D eigenvalue weighted by molar-refractivity contribution is 5.90. The maximum absolute atomic E-state index is 12.0. The fourth-order valence-electron chi connectivity index (χ4n) is 2.65. The van der Waals surface area contributed by atoms with Gasteiger partial charge in [0.25, 0.3) is 0 Å². The number of nitrogens with two attached hydrogens (primary N) is 1. The number of aromatic nitrogens is 2. The first kappa shape index (κ1) is 13.0. The van der Waals surface area contributed by atoms with Gasteiger partial charge in [0.2, 0.25) is 5.91 Å². The molecule has 5 nitrogen and oxygen atoms in total. The monoisotopic (exact) mass is 248 g/mol. The minimum atomic E-state index is -0.0112. The molecule has 0 unspecified atom stereocenters. The lowest BCUT2D eigenvalue weighted by Crippen LogP contribution is -2.36. The van der Waals surface area contributed by atoms with Crippen LogP contribution in [-0.2, 0) is 4.79 Å². The van der Waals surface area contributed by atoms with Crippen LogP contribution >= 0.6 is 0 Å². The Morgan fingerprint density at radius 3 is 2.78 bits per heavy atom. The fourth-order valence-corrected chi connectivity index (χ4v) is 2.65. The number of carbonyl (C=O) groups excluding carboxylic acids is 1. The first-order valence-corrected chi connectivity index (χ1v) is 6.52. The molecule has 98 valence electrons. The summed E-state index contributed by atoms with van der Waals surface area (Å²) in [6.45, 7) is 0.584. The zero-order valence-electron chi connectivity index (χ0n) is 10.6. The van der Waals surface area contributed by atoms with Crippen LogP contribution < -0.4 is 11.1 Å². The van der Waals surface area contributed by atoms with Gasteiger partial charge in [0.15, 0.2) is 5.82 Å². The summed E-state index contributed by atoms with van der Waals surface area (Å²) in [6.07, 6.45) is 7.78. The van der Waals surface area contributed by atoms with Crippen LogP contribution in [-0.4, -0.2) is 22.6 Å². The molecule has 1 saturated carbocycles. The predicted octanol–water partition coefficient (Wildman–Crippen LogP) is 1.71. The molecule has 0 bridgehead atoms. The zero-order valence-corrected chi connectivity index (χ0v) is 10.6. The number of hydrogen-bond acceptors (Lipinski definition) is 4. The SMILES string of the molecule is NCC1(CC(=O)Nc2cccnn2)CCCCC1. The summed E-state index contributed by atoms with van der Waals surface area (Å²) >= 11 is 0. The number of rotatable bonds is 4. The third kappa shape index (κ3) is 3.26. The summed E-state index contributed by atoms with van der Waals surface area (Å²) in [5.41, 5.74) is 5.86. The Bertz CT molecular complexity index is 387. The Kier molecular flexibility index (Phi) is 4.25. The van der Waals surface area contributed by atoms with Crippen molar-refractivity contribution < 1.29 is 4.79 Å². The molecular formula is C13H20N4O. The van der Waals surface area contributed by atoms with Crippen molar-refractivity contribution in [3.63, 3.8) is 0 Å². The lowest BCUT2D eigenvalue weighted by molar-refractivity contribution is -0.118. The highest BCUT2D eigenvalue weighted by Gasteiger charge is 2.32. The van der Waals surface area contributed by atoms with Crippen LogP contribution in [0.15, 0.2) is 18.3 Å². The topological polar surface area (TPSA) is 80.9 Å². The molecule has 0 aromatic carbocycles. The summed E-state index contributed by atoms with van der Waals surface area (Å²) in [6, 6.07) is 3.49. The van der Waals surface area contributed by atoms with Crippen LogP contribution in [0.4, 0.5) is 5.82 Å². The highest BCUT2D eigenvalue weighted by atomic mass is 16.1. The van der Waals surface area contributed by atoms with Gasteiger partial charge in [0, 0.05) is 12.6 Å². The van der Waals surface area contributed by atoms with Crippen LogP contribution in [0.25, 0.3) is 0 Å². The number of anilines is 1. The molecule has 3 N–H and O–H groups in total. The molecule has 2 rings (SSSR count). The van der Waals surface area contributed by atoms with Gasteiger partial charge >= 0.3 is 0 Å². The smallest absolute Gasteiger partial charge is 0.226 e. The quantitative estimate of drug-likeness (QED) is 0.850. The molecular weight excluding hydrogens is 228 g/mol. The van der Waals surface area contributed by atoms with E-state index in [-0.39, 0.29) is 11.3 Å². The standard InChI is InChI=1S/C13H20N4O/c14-10-13(6-2-1-3-7-13)9-12(18)16-11-5-4-8-15-17-11/h4-5,8H,1-3,6-7,9-10,14H2,(H,16,17,18). The van der Waals surface area contributed by atoms with E-state index in [4.69, 9.17) is 5.73 Å². The second-order valence-corrected chi connectivity index (χ2v) is 5.10. The molecule has 1 heterocycles. The van der Waals surface area contributed by atoms with Gasteiger partial charge in [0.1, 0.15) is 0 Å². The first-order chi connectivity index (χ1) is 8.74. The molecule has 1 amide bonds. The summed E-state index contributed by atoms with van der Waals surface area (Å²) in [7, 11) is 0.